The quantitative estimate of drug-likeness (QED) is 0.208. The van der Waals surface area contributed by atoms with Crippen LogP contribution in [-0.2, 0) is 0 Å². The first-order valence-corrected chi connectivity index (χ1v) is 12.6. The first kappa shape index (κ1) is 27.6. The molecule has 10 heteroatoms. The number of hydrogen-bond acceptors (Lipinski definition) is 5. The van der Waals surface area contributed by atoms with Gasteiger partial charge in [0.15, 0.2) is 5.16 Å². The molecular formula is C23H29Cl3N4O2S. The van der Waals surface area contributed by atoms with Crippen LogP contribution in [0.4, 0.5) is 0 Å². The molecule has 2 N–H and O–H groups in total. The van der Waals surface area contributed by atoms with Crippen molar-refractivity contribution in [3.8, 4) is 5.75 Å². The van der Waals surface area contributed by atoms with Gasteiger partial charge in [0, 0.05) is 5.56 Å². The largest absolute Gasteiger partial charge is 0.497 e. The second kappa shape index (κ2) is 13.3. The van der Waals surface area contributed by atoms with E-state index in [4.69, 9.17) is 39.5 Å². The van der Waals surface area contributed by atoms with Crippen LogP contribution in [-0.4, -0.2) is 56.7 Å². The number of carbonyl (C=O) groups is 1. The molecule has 3 aromatic rings. The second-order valence-electron chi connectivity index (χ2n) is 6.92. The molecular weight excluding hydrogens is 503 g/mol. The maximum Gasteiger partial charge on any atom is 0.252 e. The number of fused-ring (bicyclic) bond motifs is 1. The van der Waals surface area contributed by atoms with Gasteiger partial charge in [0.2, 0.25) is 3.79 Å². The molecule has 0 bridgehead atoms. The summed E-state index contributed by atoms with van der Waals surface area (Å²) in [6.45, 7) is 10.1. The fraction of sp³-hybridized carbons (Fsp3) is 0.391. The molecule has 0 aliphatic carbocycles. The molecule has 0 spiro atoms. The van der Waals surface area contributed by atoms with Crippen molar-refractivity contribution in [2.75, 3.05) is 26.7 Å². The van der Waals surface area contributed by atoms with Gasteiger partial charge >= 0.3 is 0 Å². The highest BCUT2D eigenvalue weighted by molar-refractivity contribution is 8.00. The number of alkyl halides is 3. The molecule has 180 valence electrons. The smallest absolute Gasteiger partial charge is 0.252 e. The zero-order chi connectivity index (χ0) is 24.4. The van der Waals surface area contributed by atoms with Gasteiger partial charge in [-0.05, 0) is 56.0 Å². The van der Waals surface area contributed by atoms with E-state index in [9.17, 15) is 4.79 Å². The number of nitrogens with one attached hydrogen (secondary N) is 2. The average molecular weight is 532 g/mol. The number of para-hydroxylation sites is 2. The highest BCUT2D eigenvalue weighted by atomic mass is 35.6. The summed E-state index contributed by atoms with van der Waals surface area (Å²) in [6, 6.07) is 14.2. The lowest BCUT2D eigenvalue weighted by Gasteiger charge is -2.24. The van der Waals surface area contributed by atoms with E-state index in [0.717, 1.165) is 22.8 Å². The minimum atomic E-state index is -1.73. The van der Waals surface area contributed by atoms with Crippen molar-refractivity contribution < 1.29 is 9.53 Å². The number of imidazole rings is 1. The fourth-order valence-electron chi connectivity index (χ4n) is 2.89. The van der Waals surface area contributed by atoms with Crippen LogP contribution in [0.5, 0.6) is 5.75 Å². The number of thioether (sulfide) groups is 1. The summed E-state index contributed by atoms with van der Waals surface area (Å²) in [7, 11) is 1.55. The van der Waals surface area contributed by atoms with E-state index < -0.39 is 9.17 Å². The predicted octanol–water partition coefficient (Wildman–Crippen LogP) is 6.14. The fourth-order valence-corrected chi connectivity index (χ4v) is 4.30. The van der Waals surface area contributed by atoms with Crippen molar-refractivity contribution in [2.24, 2.45) is 0 Å². The number of methoxy groups -OCH3 is 1. The van der Waals surface area contributed by atoms with Gasteiger partial charge in [-0.15, -0.1) is 0 Å². The molecule has 1 aromatic heterocycles. The lowest BCUT2D eigenvalue weighted by molar-refractivity contribution is 0.0950. The van der Waals surface area contributed by atoms with Crippen molar-refractivity contribution >= 4 is 63.5 Å². The van der Waals surface area contributed by atoms with E-state index in [0.29, 0.717) is 16.5 Å². The Kier molecular flexibility index (Phi) is 11.1. The Morgan fingerprint density at radius 2 is 1.70 bits per heavy atom. The van der Waals surface area contributed by atoms with E-state index in [1.807, 2.05) is 24.3 Å². The van der Waals surface area contributed by atoms with Gasteiger partial charge in [0.1, 0.15) is 11.1 Å². The van der Waals surface area contributed by atoms with Crippen LogP contribution in [0.15, 0.2) is 53.7 Å². The summed E-state index contributed by atoms with van der Waals surface area (Å²) in [4.78, 5) is 22.4. The molecule has 1 atom stereocenters. The van der Waals surface area contributed by atoms with Crippen LogP contribution in [0.1, 0.15) is 31.1 Å². The number of aromatic amines is 1. The molecule has 2 aromatic carbocycles. The van der Waals surface area contributed by atoms with Crippen LogP contribution in [0, 0.1) is 0 Å². The van der Waals surface area contributed by atoms with Crippen LogP contribution < -0.4 is 10.1 Å². The lowest BCUT2D eigenvalue weighted by atomic mass is 10.2. The molecule has 0 aliphatic rings. The molecule has 33 heavy (non-hydrogen) atoms. The second-order valence-corrected chi connectivity index (χ2v) is 10.4. The Labute approximate surface area is 214 Å². The van der Waals surface area contributed by atoms with Crippen LogP contribution in [0.25, 0.3) is 11.0 Å². The van der Waals surface area contributed by atoms with Crippen LogP contribution >= 0.6 is 46.6 Å². The summed E-state index contributed by atoms with van der Waals surface area (Å²) >= 11 is 19.3. The molecule has 0 radical (unpaired) electrons. The SMILES string of the molecule is CCN(CC)CC.COc1ccc(C(=O)NC(Sc2nc3ccccc3[nH]2)C(Cl)(Cl)Cl)cc1. The third-order valence-electron chi connectivity index (χ3n) is 4.85. The first-order valence-electron chi connectivity index (χ1n) is 10.6. The normalized spacial score (nSPS) is 12.2. The van der Waals surface area contributed by atoms with Gasteiger partial charge < -0.3 is 19.9 Å². The van der Waals surface area contributed by atoms with E-state index in [2.05, 4.69) is 41.0 Å². The Hall–Kier alpha value is -1.64. The summed E-state index contributed by atoms with van der Waals surface area (Å²) in [6.07, 6.45) is 0. The number of carbonyl (C=O) groups excluding carboxylic acids is 1. The first-order chi connectivity index (χ1) is 15.7. The Morgan fingerprint density at radius 1 is 1.09 bits per heavy atom. The van der Waals surface area contributed by atoms with Crippen molar-refractivity contribution in [3.63, 3.8) is 0 Å². The molecule has 1 amide bonds. The number of nitrogens with zero attached hydrogens (tertiary/aromatic N) is 2. The van der Waals surface area contributed by atoms with Gasteiger partial charge in [-0.2, -0.15) is 0 Å². The monoisotopic (exact) mass is 530 g/mol. The van der Waals surface area contributed by atoms with Crippen LogP contribution in [0.2, 0.25) is 0 Å². The zero-order valence-corrected chi connectivity index (χ0v) is 22.2. The summed E-state index contributed by atoms with van der Waals surface area (Å²) < 4.78 is 3.35. The number of amides is 1. The summed E-state index contributed by atoms with van der Waals surface area (Å²) in [5.74, 6) is 0.281. The number of ether oxygens (including phenoxy) is 1. The minimum Gasteiger partial charge on any atom is -0.497 e. The summed E-state index contributed by atoms with van der Waals surface area (Å²) in [5.41, 5.74) is 2.08. The maximum atomic E-state index is 12.5. The van der Waals surface area contributed by atoms with Gasteiger partial charge in [0.05, 0.1) is 18.1 Å². The number of benzene rings is 2. The van der Waals surface area contributed by atoms with E-state index >= 15 is 0 Å². The molecule has 0 aliphatic heterocycles. The molecule has 0 fully saturated rings. The summed E-state index contributed by atoms with van der Waals surface area (Å²) in [5, 5.41) is 2.43. The third kappa shape index (κ3) is 8.58. The van der Waals surface area contributed by atoms with Crippen molar-refractivity contribution in [1.82, 2.24) is 20.2 Å². The average Bonchev–Trinajstić information content (AvgIpc) is 3.22. The van der Waals surface area contributed by atoms with E-state index in [1.165, 1.54) is 19.6 Å². The number of H-pyrrole nitrogens is 1. The van der Waals surface area contributed by atoms with Crippen molar-refractivity contribution in [2.45, 2.75) is 35.1 Å². The number of hydrogen-bond donors (Lipinski definition) is 2. The molecule has 0 saturated carbocycles. The highest BCUT2D eigenvalue weighted by Gasteiger charge is 2.36. The highest BCUT2D eigenvalue weighted by Crippen LogP contribution is 2.39. The van der Waals surface area contributed by atoms with Crippen LogP contribution in [0.3, 0.4) is 0 Å². The third-order valence-corrected chi connectivity index (χ3v) is 7.02. The Morgan fingerprint density at radius 3 is 2.18 bits per heavy atom. The van der Waals surface area contributed by atoms with E-state index in [1.54, 1.807) is 31.4 Å². The number of halogens is 3. The number of aromatic nitrogens is 2. The molecule has 0 saturated heterocycles. The number of rotatable bonds is 8. The molecule has 6 nitrogen and oxygen atoms in total. The van der Waals surface area contributed by atoms with Gasteiger partial charge in [-0.3, -0.25) is 4.79 Å². The van der Waals surface area contributed by atoms with Crippen molar-refractivity contribution in [1.29, 1.82) is 0 Å². The standard InChI is InChI=1S/C17H14Cl3N3O2S.C6H15N/c1-25-11-8-6-10(7-9-11)14(24)23-15(17(18,19)20)26-16-21-12-4-2-3-5-13(12)22-16;1-4-7(5-2)6-3/h2-9,15H,1H3,(H,21,22)(H,23,24);4-6H2,1-3H3. The van der Waals surface area contributed by atoms with E-state index in [-0.39, 0.29) is 5.91 Å². The predicted molar refractivity (Wildman–Crippen MR) is 140 cm³/mol. The minimum absolute atomic E-state index is 0.368. The van der Waals surface area contributed by atoms with Gasteiger partial charge in [-0.1, -0.05) is 79.5 Å². The van der Waals surface area contributed by atoms with Gasteiger partial charge in [0.25, 0.3) is 5.91 Å². The topological polar surface area (TPSA) is 70.2 Å². The Bertz CT molecular complexity index is 966. The maximum absolute atomic E-state index is 12.5. The molecule has 1 heterocycles. The zero-order valence-electron chi connectivity index (χ0n) is 19.1. The lowest BCUT2D eigenvalue weighted by Crippen LogP contribution is -2.41. The van der Waals surface area contributed by atoms with Crippen molar-refractivity contribution in [3.05, 3.63) is 54.1 Å². The Balaban J connectivity index is 0.000000479. The molecule has 3 rings (SSSR count). The molecule has 1 unspecified atom stereocenters. The van der Waals surface area contributed by atoms with Gasteiger partial charge in [-0.25, -0.2) is 4.98 Å².